The first-order valence-corrected chi connectivity index (χ1v) is 12.3. The van der Waals surface area contributed by atoms with Gasteiger partial charge in [-0.05, 0) is 10.9 Å². The van der Waals surface area contributed by atoms with Crippen LogP contribution in [0.25, 0.3) is 11.2 Å². The summed E-state index contributed by atoms with van der Waals surface area (Å²) in [5.74, 6) is -0.0611. The van der Waals surface area contributed by atoms with Crippen LogP contribution in [-0.2, 0) is 30.8 Å². The van der Waals surface area contributed by atoms with Crippen molar-refractivity contribution < 1.29 is 60.3 Å². The molecule has 16 nitrogen and oxygen atoms in total. The Morgan fingerprint density at radius 3 is 2.43 bits per heavy atom. The molecule has 0 amide bonds. The third-order valence-corrected chi connectivity index (χ3v) is 6.36. The standard InChI is InChI=1S/C15H22N6O5S.ClH.Mg.H2O4S.H2O/c1-27(3-2-7(16)15(24)25)4-8-10(22)11(23)14(26-8)21-6-20-9-12(17)18-5-19-13(9)21;;;1-5(2,3)4;/h5-8,10-11,14,22-23H,2-4,16H2,1H3,(H2-,17,18,19,24,25);1H;;(H2,1,2,3,4);1H2/q;;+2;;/p-2/t7-,8+,10+,11+,14+,27?;;;;/m0..../s1. The molecule has 1 saturated heterocycles. The fourth-order valence-electron chi connectivity index (χ4n) is 2.96. The summed E-state index contributed by atoms with van der Waals surface area (Å²) in [7, 11) is -5.18. The predicted octanol–water partition coefficient (Wildman–Crippen LogP) is -8.45. The van der Waals surface area contributed by atoms with E-state index < -0.39 is 46.9 Å². The molecule has 2 aromatic heterocycles. The van der Waals surface area contributed by atoms with E-state index in [2.05, 4.69) is 15.0 Å². The Kier molecular flexibility index (Phi) is 15.7. The number of halogens is 1. The minimum absolute atomic E-state index is 0. The van der Waals surface area contributed by atoms with Crippen molar-refractivity contribution in [1.29, 1.82) is 0 Å². The Balaban J connectivity index is 0. The van der Waals surface area contributed by atoms with Gasteiger partial charge in [-0.1, -0.05) is 0 Å². The number of nitrogen functional groups attached to an aromatic ring is 1. The van der Waals surface area contributed by atoms with Crippen LogP contribution in [-0.4, -0.2) is 124 Å². The van der Waals surface area contributed by atoms with Crippen LogP contribution in [0.1, 0.15) is 12.6 Å². The minimum atomic E-state index is -4.92. The molecule has 1 fully saturated rings. The van der Waals surface area contributed by atoms with Gasteiger partial charge in [0.2, 0.25) is 10.4 Å². The third-order valence-electron chi connectivity index (χ3n) is 4.53. The van der Waals surface area contributed by atoms with E-state index in [0.717, 1.165) is 0 Å². The number of hydrogen-bond acceptors (Lipinski definition) is 13. The van der Waals surface area contributed by atoms with Crippen LogP contribution < -0.4 is 29.0 Å². The molecule has 0 aliphatic carbocycles. The van der Waals surface area contributed by atoms with Gasteiger partial charge in [0, 0.05) is 12.5 Å². The molecule has 20 heteroatoms. The number of fused-ring (bicyclic) bond motifs is 1. The van der Waals surface area contributed by atoms with Crippen LogP contribution in [0, 0.1) is 0 Å². The molecule has 9 N–H and O–H groups in total. The Morgan fingerprint density at radius 1 is 1.31 bits per heavy atom. The topological polar surface area (TPSA) is 294 Å². The largest absolute Gasteiger partial charge is 2.00 e. The molecule has 2 aromatic rings. The number of rotatable bonds is 7. The molecule has 35 heavy (non-hydrogen) atoms. The summed E-state index contributed by atoms with van der Waals surface area (Å²) in [6.07, 6.45) is 1.17. The molecule has 0 aromatic carbocycles. The first-order valence-electron chi connectivity index (χ1n) is 8.98. The van der Waals surface area contributed by atoms with E-state index >= 15 is 0 Å². The second-order valence-corrected chi connectivity index (χ2v) is 10.1. The summed E-state index contributed by atoms with van der Waals surface area (Å²) in [6.45, 7) is 0. The van der Waals surface area contributed by atoms with Crippen LogP contribution in [0.5, 0.6) is 0 Å². The second-order valence-electron chi connectivity index (χ2n) is 6.92. The van der Waals surface area contributed by atoms with E-state index in [0.29, 0.717) is 22.7 Å². The molecule has 1 unspecified atom stereocenters. The van der Waals surface area contributed by atoms with Gasteiger partial charge in [0.25, 0.3) is 0 Å². The van der Waals surface area contributed by atoms with E-state index in [9.17, 15) is 20.1 Å². The smallest absolute Gasteiger partial charge is 1.00 e. The maximum Gasteiger partial charge on any atom is 2.00 e. The molecule has 3 heterocycles. The van der Waals surface area contributed by atoms with E-state index in [-0.39, 0.29) is 64.1 Å². The first-order chi connectivity index (χ1) is 14.8. The van der Waals surface area contributed by atoms with Gasteiger partial charge in [0.1, 0.15) is 41.7 Å². The number of aromatic nitrogens is 4. The number of carboxylic acid groups (broad SMARTS) is 1. The zero-order chi connectivity index (χ0) is 24.2. The van der Waals surface area contributed by atoms with Crippen LogP contribution >= 0.6 is 0 Å². The fourth-order valence-corrected chi connectivity index (χ4v) is 4.62. The summed E-state index contributed by atoms with van der Waals surface area (Å²) >= 11 is 0. The number of aliphatic hydroxyl groups excluding tert-OH is 2. The molecular weight excluding hydrogens is 548 g/mol. The molecule has 196 valence electrons. The SMILES string of the molecule is C[S+](CC[C@H](N)C(=O)[O-])C[C@H]1O[C@@H](n2cnc3c(N)ncnc32)[C@H](O)[C@@H]1O.O.O=S(=O)([O-])O.[Cl-].[Mg+2]. The van der Waals surface area contributed by atoms with E-state index in [1.165, 1.54) is 17.2 Å². The number of hydrogen-bond donors (Lipinski definition) is 5. The average molecular weight is 573 g/mol. The summed E-state index contributed by atoms with van der Waals surface area (Å²) in [5, 5.41) is 31.5. The molecular formula is C15H25ClMgN6O10S2. The summed E-state index contributed by atoms with van der Waals surface area (Å²) in [6, 6.07) is -1.02. The van der Waals surface area contributed by atoms with Gasteiger partial charge in [-0.3, -0.25) is 9.12 Å². The molecule has 0 spiro atoms. The molecule has 6 atom stereocenters. The normalized spacial score (nSPS) is 23.0. The molecule has 3 rings (SSSR count). The number of ether oxygens (including phenoxy) is 1. The van der Waals surface area contributed by atoms with Gasteiger partial charge < -0.3 is 58.8 Å². The van der Waals surface area contributed by atoms with Crippen LogP contribution in [0.3, 0.4) is 0 Å². The van der Waals surface area contributed by atoms with E-state index in [1.54, 1.807) is 0 Å². The summed E-state index contributed by atoms with van der Waals surface area (Å²) in [5.41, 5.74) is 12.0. The quantitative estimate of drug-likeness (QED) is 0.0890. The zero-order valence-electron chi connectivity index (χ0n) is 18.3. The molecule has 1 aliphatic heterocycles. The number of carboxylic acids is 1. The van der Waals surface area contributed by atoms with Crippen molar-refractivity contribution in [3.8, 4) is 0 Å². The number of aliphatic hydroxyl groups is 2. The average Bonchev–Trinajstić information content (AvgIpc) is 3.22. The van der Waals surface area contributed by atoms with Gasteiger partial charge in [0.05, 0.1) is 18.6 Å². The number of imidazole rings is 1. The van der Waals surface area contributed by atoms with Gasteiger partial charge in [-0.15, -0.1) is 0 Å². The van der Waals surface area contributed by atoms with Gasteiger partial charge in [-0.25, -0.2) is 23.4 Å². The number of carbonyl (C=O) groups is 1. The molecule has 0 saturated carbocycles. The van der Waals surface area contributed by atoms with Crippen LogP contribution in [0.4, 0.5) is 5.82 Å². The molecule has 0 bridgehead atoms. The summed E-state index contributed by atoms with van der Waals surface area (Å²) in [4.78, 5) is 22.8. The van der Waals surface area contributed by atoms with Crippen molar-refractivity contribution in [2.24, 2.45) is 5.73 Å². The van der Waals surface area contributed by atoms with Crippen LogP contribution in [0.2, 0.25) is 0 Å². The van der Waals surface area contributed by atoms with Gasteiger partial charge in [-0.2, -0.15) is 0 Å². The Morgan fingerprint density at radius 2 is 1.89 bits per heavy atom. The van der Waals surface area contributed by atoms with E-state index in [4.69, 9.17) is 33.7 Å². The minimum Gasteiger partial charge on any atom is -1.00 e. The zero-order valence-corrected chi connectivity index (χ0v) is 22.1. The third kappa shape index (κ3) is 10.4. The van der Waals surface area contributed by atoms with Crippen molar-refractivity contribution in [2.75, 3.05) is 23.5 Å². The number of aliphatic carboxylic acids is 1. The Labute approximate surface area is 225 Å². The number of nitrogens with two attached hydrogens (primary N) is 2. The summed E-state index contributed by atoms with van der Waals surface area (Å²) < 4.78 is 40.2. The fraction of sp³-hybridized carbons (Fsp3) is 0.600. The molecule has 0 radical (unpaired) electrons. The number of anilines is 1. The monoisotopic (exact) mass is 572 g/mol. The van der Waals surface area contributed by atoms with Crippen LogP contribution in [0.15, 0.2) is 12.7 Å². The van der Waals surface area contributed by atoms with Gasteiger partial charge in [0.15, 0.2) is 17.7 Å². The van der Waals surface area contributed by atoms with Crippen molar-refractivity contribution in [3.05, 3.63) is 12.7 Å². The Hall–Kier alpha value is -1.10. The van der Waals surface area contributed by atoms with E-state index in [1.807, 2.05) is 6.26 Å². The molecule has 1 aliphatic rings. The maximum absolute atomic E-state index is 10.7. The van der Waals surface area contributed by atoms with Crippen molar-refractivity contribution in [2.45, 2.75) is 37.0 Å². The van der Waals surface area contributed by atoms with Gasteiger partial charge >= 0.3 is 23.1 Å². The van der Waals surface area contributed by atoms with Crippen molar-refractivity contribution >= 4 is 67.3 Å². The van der Waals surface area contributed by atoms with Crippen molar-refractivity contribution in [1.82, 2.24) is 19.5 Å². The number of nitrogens with zero attached hydrogens (tertiary/aromatic N) is 4. The van der Waals surface area contributed by atoms with Crippen molar-refractivity contribution in [3.63, 3.8) is 0 Å². The second kappa shape index (κ2) is 15.2. The first kappa shape index (κ1) is 36.1. The Bertz CT molecular complexity index is 1040. The number of carbonyl (C=O) groups excluding carboxylic acids is 1. The predicted molar refractivity (Wildman–Crippen MR) is 118 cm³/mol. The maximum atomic E-state index is 10.7.